The van der Waals surface area contributed by atoms with Crippen LogP contribution in [-0.4, -0.2) is 65.5 Å². The van der Waals surface area contributed by atoms with Crippen LogP contribution >= 0.6 is 11.6 Å². The van der Waals surface area contributed by atoms with E-state index in [0.29, 0.717) is 12.1 Å². The molecule has 220 valence electrons. The van der Waals surface area contributed by atoms with E-state index < -0.39 is 71.0 Å². The molecule has 0 spiro atoms. The lowest BCUT2D eigenvalue weighted by atomic mass is 10.1. The monoisotopic (exact) mass is 603 g/mol. The van der Waals surface area contributed by atoms with Gasteiger partial charge in [0.15, 0.2) is 12.8 Å². The van der Waals surface area contributed by atoms with Gasteiger partial charge in [-0.05, 0) is 42.8 Å². The predicted molar refractivity (Wildman–Crippen MR) is 135 cm³/mol. The first-order chi connectivity index (χ1) is 19.1. The standard InChI is InChI=1S/C25H22ClF4N3O8/c1-13-7-14(27)3-4-20(13)41-21-9-17(25(28,29)30)18(26)8-16(21)23(38)32-15(5-6-34)11-31-33(2)12-40-24(39)19(35)10-22(36)37/h3-9,11,19,35H,10,12H2,1-2H3,(H,32,38)(H,36,37)/b15-5+,31-11-. The summed E-state index contributed by atoms with van der Waals surface area (Å²) in [7, 11) is 1.28. The summed E-state index contributed by atoms with van der Waals surface area (Å²) in [5.41, 5.74) is -1.84. The molecule has 0 aliphatic heterocycles. The number of nitrogens with one attached hydrogen (secondary N) is 1. The zero-order valence-electron chi connectivity index (χ0n) is 21.2. The Bertz CT molecular complexity index is 1380. The maximum atomic E-state index is 13.5. The lowest BCUT2D eigenvalue weighted by Gasteiger charge is -2.17. The Morgan fingerprint density at radius 1 is 1.20 bits per heavy atom. The molecule has 0 saturated carbocycles. The van der Waals surface area contributed by atoms with Crippen molar-refractivity contribution in [1.29, 1.82) is 0 Å². The number of amides is 1. The van der Waals surface area contributed by atoms with Crippen LogP contribution in [0, 0.1) is 12.7 Å². The van der Waals surface area contributed by atoms with E-state index in [9.17, 15) is 41.8 Å². The Labute approximate surface area is 234 Å². The maximum Gasteiger partial charge on any atom is 0.417 e. The van der Waals surface area contributed by atoms with Crippen molar-refractivity contribution in [2.75, 3.05) is 13.8 Å². The van der Waals surface area contributed by atoms with E-state index in [1.54, 1.807) is 0 Å². The second-order valence-electron chi connectivity index (χ2n) is 8.16. The smallest absolute Gasteiger partial charge is 0.417 e. The van der Waals surface area contributed by atoms with Crippen LogP contribution < -0.4 is 10.1 Å². The first-order valence-corrected chi connectivity index (χ1v) is 11.6. The van der Waals surface area contributed by atoms with Crippen molar-refractivity contribution in [2.45, 2.75) is 25.6 Å². The molecule has 0 aliphatic carbocycles. The maximum absolute atomic E-state index is 13.5. The number of hydrogen-bond acceptors (Lipinski definition) is 9. The Morgan fingerprint density at radius 3 is 2.46 bits per heavy atom. The van der Waals surface area contributed by atoms with Crippen LogP contribution in [0.1, 0.15) is 27.9 Å². The highest BCUT2D eigenvalue weighted by molar-refractivity contribution is 6.32. The number of benzene rings is 2. The number of alkyl halides is 3. The highest BCUT2D eigenvalue weighted by atomic mass is 35.5. The minimum Gasteiger partial charge on any atom is -0.481 e. The summed E-state index contributed by atoms with van der Waals surface area (Å²) in [6.07, 6.45) is -5.68. The van der Waals surface area contributed by atoms with Crippen LogP contribution in [0.2, 0.25) is 5.02 Å². The molecule has 0 radical (unpaired) electrons. The molecule has 0 bridgehead atoms. The normalized spacial score (nSPS) is 12.5. The fraction of sp³-hybridized carbons (Fsp3) is 0.240. The average Bonchev–Trinajstić information content (AvgIpc) is 2.87. The van der Waals surface area contributed by atoms with Crippen molar-refractivity contribution < 1.29 is 56.4 Å². The first kappa shape index (κ1) is 32.7. The van der Waals surface area contributed by atoms with Gasteiger partial charge in [-0.1, -0.05) is 11.6 Å². The lowest BCUT2D eigenvalue weighted by Crippen LogP contribution is -2.29. The van der Waals surface area contributed by atoms with Crippen molar-refractivity contribution in [3.63, 3.8) is 0 Å². The molecule has 1 unspecified atom stereocenters. The molecule has 1 amide bonds. The van der Waals surface area contributed by atoms with Crippen molar-refractivity contribution in [1.82, 2.24) is 10.3 Å². The van der Waals surface area contributed by atoms with Crippen LogP contribution in [0.25, 0.3) is 0 Å². The molecule has 41 heavy (non-hydrogen) atoms. The third-order valence-corrected chi connectivity index (χ3v) is 5.22. The third-order valence-electron chi connectivity index (χ3n) is 4.91. The summed E-state index contributed by atoms with van der Waals surface area (Å²) in [6.45, 7) is 0.860. The Morgan fingerprint density at radius 2 is 1.88 bits per heavy atom. The van der Waals surface area contributed by atoms with E-state index in [1.807, 2.05) is 0 Å². The number of aliphatic carboxylic acids is 1. The largest absolute Gasteiger partial charge is 0.481 e. The number of carbonyl (C=O) groups excluding carboxylic acids is 3. The van der Waals surface area contributed by atoms with Crippen molar-refractivity contribution in [3.05, 3.63) is 69.6 Å². The van der Waals surface area contributed by atoms with Crippen LogP contribution in [0.4, 0.5) is 17.6 Å². The van der Waals surface area contributed by atoms with Crippen LogP contribution in [0.3, 0.4) is 0 Å². The Kier molecular flexibility index (Phi) is 11.3. The van der Waals surface area contributed by atoms with Crippen LogP contribution in [0.5, 0.6) is 11.5 Å². The molecule has 2 rings (SSSR count). The van der Waals surface area contributed by atoms with Crippen molar-refractivity contribution >= 4 is 41.9 Å². The number of aryl methyl sites for hydroxylation is 1. The predicted octanol–water partition coefficient (Wildman–Crippen LogP) is 3.67. The van der Waals surface area contributed by atoms with Crippen LogP contribution in [0.15, 0.2) is 47.2 Å². The van der Waals surface area contributed by atoms with Crippen LogP contribution in [-0.2, 0) is 25.3 Å². The van der Waals surface area contributed by atoms with Gasteiger partial charge >= 0.3 is 18.1 Å². The molecule has 2 aromatic rings. The quantitative estimate of drug-likeness (QED) is 0.0627. The van der Waals surface area contributed by atoms with Gasteiger partial charge in [0.25, 0.3) is 5.91 Å². The van der Waals surface area contributed by atoms with E-state index in [1.165, 1.54) is 14.0 Å². The van der Waals surface area contributed by atoms with E-state index in [0.717, 1.165) is 35.5 Å². The van der Waals surface area contributed by atoms with Gasteiger partial charge in [-0.15, -0.1) is 0 Å². The fourth-order valence-corrected chi connectivity index (χ4v) is 3.23. The van der Waals surface area contributed by atoms with E-state index >= 15 is 0 Å². The van der Waals surface area contributed by atoms with Gasteiger partial charge in [0, 0.05) is 13.1 Å². The fourth-order valence-electron chi connectivity index (χ4n) is 2.96. The summed E-state index contributed by atoms with van der Waals surface area (Å²) < 4.78 is 64.2. The van der Waals surface area contributed by atoms with Gasteiger partial charge in [-0.25, -0.2) is 9.18 Å². The topological polar surface area (TPSA) is 155 Å². The van der Waals surface area contributed by atoms with Gasteiger partial charge in [-0.2, -0.15) is 18.3 Å². The highest BCUT2D eigenvalue weighted by Gasteiger charge is 2.35. The SMILES string of the molecule is Cc1cc(F)ccc1Oc1cc(C(F)(F)F)c(Cl)cc1C(=O)NC(/C=N\N(C)COC(=O)C(O)CC(=O)O)=C/C=O. The molecular weight excluding hydrogens is 582 g/mol. The summed E-state index contributed by atoms with van der Waals surface area (Å²) in [6, 6.07) is 4.43. The minimum absolute atomic E-state index is 0.0502. The molecule has 2 aromatic carbocycles. The van der Waals surface area contributed by atoms with Crippen molar-refractivity contribution in [2.24, 2.45) is 5.10 Å². The van der Waals surface area contributed by atoms with Gasteiger partial charge in [0.1, 0.15) is 23.6 Å². The van der Waals surface area contributed by atoms with E-state index in [-0.39, 0.29) is 23.3 Å². The minimum atomic E-state index is -4.91. The molecule has 16 heteroatoms. The molecule has 3 N–H and O–H groups in total. The molecule has 11 nitrogen and oxygen atoms in total. The molecular formula is C25H22ClF4N3O8. The number of carboxylic acids is 1. The van der Waals surface area contributed by atoms with E-state index in [4.69, 9.17) is 21.4 Å². The lowest BCUT2D eigenvalue weighted by molar-refractivity contribution is -0.161. The third kappa shape index (κ3) is 9.88. The number of aliphatic hydroxyl groups excluding tert-OH is 1. The summed E-state index contributed by atoms with van der Waals surface area (Å²) in [5, 5.41) is 24.2. The number of ether oxygens (including phenoxy) is 2. The molecule has 0 aliphatic rings. The Balaban J connectivity index is 2.29. The zero-order chi connectivity index (χ0) is 30.9. The number of rotatable bonds is 12. The first-order valence-electron chi connectivity index (χ1n) is 11.3. The molecule has 1 atom stereocenters. The molecule has 0 aromatic heterocycles. The number of allylic oxidation sites excluding steroid dienone is 2. The number of nitrogens with zero attached hydrogens (tertiary/aromatic N) is 2. The van der Waals surface area contributed by atoms with Gasteiger partial charge in [0.2, 0.25) is 0 Å². The highest BCUT2D eigenvalue weighted by Crippen LogP contribution is 2.40. The number of hydrogen-bond donors (Lipinski definition) is 3. The van der Waals surface area contributed by atoms with E-state index in [2.05, 4.69) is 15.2 Å². The average molecular weight is 604 g/mol. The summed E-state index contributed by atoms with van der Waals surface area (Å²) >= 11 is 5.80. The summed E-state index contributed by atoms with van der Waals surface area (Å²) in [5.74, 6) is -5.00. The summed E-state index contributed by atoms with van der Waals surface area (Å²) in [4.78, 5) is 46.3. The van der Waals surface area contributed by atoms with Crippen molar-refractivity contribution in [3.8, 4) is 11.5 Å². The number of hydrazone groups is 1. The molecule has 0 fully saturated rings. The van der Waals surface area contributed by atoms with Gasteiger partial charge < -0.3 is 25.0 Å². The number of carboxylic acid groups (broad SMARTS) is 1. The number of aliphatic hydroxyl groups is 1. The number of esters is 1. The van der Waals surface area contributed by atoms with Gasteiger partial charge in [0.05, 0.1) is 34.5 Å². The number of carbonyl (C=O) groups is 4. The zero-order valence-corrected chi connectivity index (χ0v) is 22.0. The Hall–Kier alpha value is -4.50. The number of halogens is 5. The molecule has 0 heterocycles. The molecule has 0 saturated heterocycles. The second kappa shape index (κ2) is 14.2. The van der Waals surface area contributed by atoms with Gasteiger partial charge in [-0.3, -0.25) is 19.4 Å². The number of aldehydes is 1. The second-order valence-corrected chi connectivity index (χ2v) is 8.57.